The summed E-state index contributed by atoms with van der Waals surface area (Å²) in [5, 5.41) is 0. The third-order valence-electron chi connectivity index (χ3n) is 3.30. The summed E-state index contributed by atoms with van der Waals surface area (Å²) in [5.74, 6) is 0.0280. The Morgan fingerprint density at radius 1 is 0.750 bits per heavy atom. The average molecular weight is 258 g/mol. The van der Waals surface area contributed by atoms with Crippen molar-refractivity contribution >= 4 is 11.9 Å². The van der Waals surface area contributed by atoms with Crippen molar-refractivity contribution in [1.82, 2.24) is 0 Å². The van der Waals surface area contributed by atoms with E-state index < -0.39 is 0 Å². The minimum Gasteiger partial charge on any atom is -0.289 e. The van der Waals surface area contributed by atoms with Gasteiger partial charge in [0.25, 0.3) is 0 Å². The fourth-order valence-electron chi connectivity index (χ4n) is 2.25. The standard InChI is InChI=1S/C19H14O/c20-19(17-8-4-1-5-9-17)14-13-16-12-11-15-7-3-2-6-10-18(15)16/h1-14H. The van der Waals surface area contributed by atoms with Gasteiger partial charge in [0, 0.05) is 5.56 Å². The van der Waals surface area contributed by atoms with E-state index in [0.717, 1.165) is 11.1 Å². The second kappa shape index (κ2) is 5.54. The first-order valence-corrected chi connectivity index (χ1v) is 6.60. The van der Waals surface area contributed by atoms with Gasteiger partial charge in [0.2, 0.25) is 0 Å². The number of allylic oxidation sites excluding steroid dienone is 1. The molecule has 20 heavy (non-hydrogen) atoms. The molecule has 2 aliphatic carbocycles. The molecule has 0 spiro atoms. The number of hydrogen-bond acceptors (Lipinski definition) is 1. The first-order chi connectivity index (χ1) is 9.84. The molecule has 0 saturated carbocycles. The van der Waals surface area contributed by atoms with Crippen LogP contribution in [0.1, 0.15) is 15.9 Å². The Hall–Kier alpha value is -2.67. The maximum Gasteiger partial charge on any atom is 0.185 e. The molecule has 0 aliphatic heterocycles. The second-order valence-corrected chi connectivity index (χ2v) is 4.63. The summed E-state index contributed by atoms with van der Waals surface area (Å²) in [6.07, 6.45) is 3.52. The normalized spacial score (nSPS) is 11.0. The lowest BCUT2D eigenvalue weighted by Gasteiger charge is -1.96. The van der Waals surface area contributed by atoms with Gasteiger partial charge in [0.15, 0.2) is 5.78 Å². The van der Waals surface area contributed by atoms with Crippen LogP contribution in [0.2, 0.25) is 0 Å². The Balaban J connectivity index is 1.88. The van der Waals surface area contributed by atoms with Gasteiger partial charge in [-0.1, -0.05) is 78.9 Å². The van der Waals surface area contributed by atoms with Gasteiger partial charge in [-0.2, -0.15) is 0 Å². The van der Waals surface area contributed by atoms with Crippen molar-refractivity contribution in [2.45, 2.75) is 0 Å². The van der Waals surface area contributed by atoms with Gasteiger partial charge in [0.1, 0.15) is 0 Å². The van der Waals surface area contributed by atoms with Gasteiger partial charge in [-0.3, -0.25) is 4.79 Å². The topological polar surface area (TPSA) is 17.1 Å². The first kappa shape index (κ1) is 12.4. The van der Waals surface area contributed by atoms with Crippen molar-refractivity contribution in [3.8, 4) is 11.1 Å². The maximum absolute atomic E-state index is 12.1. The fraction of sp³-hybridized carbons (Fsp3) is 0. The largest absolute Gasteiger partial charge is 0.289 e. The molecule has 0 atom stereocenters. The van der Waals surface area contributed by atoms with Crippen LogP contribution < -0.4 is 0 Å². The molecule has 3 rings (SSSR count). The molecule has 1 heteroatoms. The number of hydrogen-bond donors (Lipinski definition) is 0. The Labute approximate surface area is 118 Å². The first-order valence-electron chi connectivity index (χ1n) is 6.60. The highest BCUT2D eigenvalue weighted by Gasteiger charge is 2.05. The molecule has 0 N–H and O–H groups in total. The molecule has 0 heterocycles. The molecule has 0 saturated heterocycles. The predicted octanol–water partition coefficient (Wildman–Crippen LogP) is 4.69. The highest BCUT2D eigenvalue weighted by atomic mass is 16.1. The van der Waals surface area contributed by atoms with Crippen LogP contribution in [0.4, 0.5) is 0 Å². The summed E-state index contributed by atoms with van der Waals surface area (Å²) in [4.78, 5) is 12.1. The summed E-state index contributed by atoms with van der Waals surface area (Å²) in [6, 6.07) is 23.6. The van der Waals surface area contributed by atoms with Gasteiger partial charge < -0.3 is 0 Å². The summed E-state index contributed by atoms with van der Waals surface area (Å²) in [5.41, 5.74) is 4.12. The van der Waals surface area contributed by atoms with E-state index in [9.17, 15) is 4.79 Å². The molecule has 2 aliphatic rings. The monoisotopic (exact) mass is 258 g/mol. The lowest BCUT2D eigenvalue weighted by molar-refractivity contribution is 0.104. The highest BCUT2D eigenvalue weighted by molar-refractivity contribution is 6.07. The average Bonchev–Trinajstić information content (AvgIpc) is 2.72. The van der Waals surface area contributed by atoms with Crippen LogP contribution in [0.3, 0.4) is 0 Å². The summed E-state index contributed by atoms with van der Waals surface area (Å²) in [7, 11) is 0. The van der Waals surface area contributed by atoms with Gasteiger partial charge in [0.05, 0.1) is 0 Å². The summed E-state index contributed by atoms with van der Waals surface area (Å²) >= 11 is 0. The van der Waals surface area contributed by atoms with Crippen LogP contribution in [0.25, 0.3) is 17.2 Å². The van der Waals surface area contributed by atoms with Crippen LogP contribution in [-0.2, 0) is 0 Å². The molecule has 0 aromatic heterocycles. The Kier molecular flexibility index (Phi) is 3.42. The minimum absolute atomic E-state index is 0.0280. The predicted molar refractivity (Wildman–Crippen MR) is 82.9 cm³/mol. The number of carbonyl (C=O) groups excluding carboxylic acids is 1. The van der Waals surface area contributed by atoms with E-state index in [-0.39, 0.29) is 5.78 Å². The van der Waals surface area contributed by atoms with Gasteiger partial charge in [-0.25, -0.2) is 0 Å². The van der Waals surface area contributed by atoms with E-state index in [0.29, 0.717) is 5.56 Å². The number of ketones is 1. The maximum atomic E-state index is 12.1. The molecule has 1 nitrogen and oxygen atoms in total. The third kappa shape index (κ3) is 2.52. The van der Waals surface area contributed by atoms with Gasteiger partial charge in [-0.05, 0) is 22.8 Å². The van der Waals surface area contributed by atoms with E-state index >= 15 is 0 Å². The van der Waals surface area contributed by atoms with Gasteiger partial charge in [-0.15, -0.1) is 0 Å². The van der Waals surface area contributed by atoms with Crippen LogP contribution in [0, 0.1) is 0 Å². The third-order valence-corrected chi connectivity index (χ3v) is 3.30. The lowest BCUT2D eigenvalue weighted by Crippen LogP contribution is -1.92. The zero-order valence-electron chi connectivity index (χ0n) is 11.0. The van der Waals surface area contributed by atoms with Crippen molar-refractivity contribution in [3.63, 3.8) is 0 Å². The van der Waals surface area contributed by atoms with E-state index in [2.05, 4.69) is 18.2 Å². The molecule has 1 aromatic carbocycles. The van der Waals surface area contributed by atoms with Crippen LogP contribution in [0.5, 0.6) is 0 Å². The fourth-order valence-corrected chi connectivity index (χ4v) is 2.25. The zero-order chi connectivity index (χ0) is 13.8. The van der Waals surface area contributed by atoms with E-state index in [1.807, 2.05) is 60.7 Å². The van der Waals surface area contributed by atoms with Crippen LogP contribution in [-0.4, -0.2) is 5.78 Å². The number of carbonyl (C=O) groups is 1. The molecule has 96 valence electrons. The Morgan fingerprint density at radius 3 is 2.25 bits per heavy atom. The van der Waals surface area contributed by atoms with Crippen molar-refractivity contribution in [2.75, 3.05) is 0 Å². The van der Waals surface area contributed by atoms with Gasteiger partial charge >= 0.3 is 0 Å². The molecule has 1 aromatic rings. The van der Waals surface area contributed by atoms with E-state index in [4.69, 9.17) is 0 Å². The molecule has 0 fully saturated rings. The molecule has 0 bridgehead atoms. The molecule has 0 unspecified atom stereocenters. The number of benzene rings is 1. The van der Waals surface area contributed by atoms with Crippen molar-refractivity contribution in [1.29, 1.82) is 0 Å². The quantitative estimate of drug-likeness (QED) is 0.492. The van der Waals surface area contributed by atoms with E-state index in [1.54, 1.807) is 6.08 Å². The lowest BCUT2D eigenvalue weighted by atomic mass is 10.1. The van der Waals surface area contributed by atoms with Crippen molar-refractivity contribution in [3.05, 3.63) is 90.0 Å². The molecular formula is C19H14O. The molecular weight excluding hydrogens is 244 g/mol. The molecule has 0 amide bonds. The molecule has 0 radical (unpaired) electrons. The smallest absolute Gasteiger partial charge is 0.185 e. The number of fused-ring (bicyclic) bond motifs is 1. The van der Waals surface area contributed by atoms with Crippen LogP contribution in [0.15, 0.2) is 78.9 Å². The van der Waals surface area contributed by atoms with Crippen molar-refractivity contribution in [2.24, 2.45) is 0 Å². The summed E-state index contributed by atoms with van der Waals surface area (Å²) < 4.78 is 0. The van der Waals surface area contributed by atoms with E-state index in [1.165, 1.54) is 5.56 Å². The van der Waals surface area contributed by atoms with Crippen LogP contribution >= 0.6 is 0 Å². The zero-order valence-corrected chi connectivity index (χ0v) is 11.0. The SMILES string of the molecule is O=C(C=Cc1ccc2cccccc1-2)c1ccccc1. The highest BCUT2D eigenvalue weighted by Crippen LogP contribution is 2.27. The number of rotatable bonds is 3. The van der Waals surface area contributed by atoms with Crippen molar-refractivity contribution < 1.29 is 4.79 Å². The second-order valence-electron chi connectivity index (χ2n) is 4.63. The Morgan fingerprint density at radius 2 is 1.45 bits per heavy atom. The summed E-state index contributed by atoms with van der Waals surface area (Å²) in [6.45, 7) is 0. The Bertz CT molecular complexity index is 726. The minimum atomic E-state index is 0.0280.